The van der Waals surface area contributed by atoms with Crippen LogP contribution in [0, 0.1) is 6.92 Å². The standard InChI is InChI=1S/C16H18N2O/c1-12-5-3-6-14(9-12)11-17-15-7-4-8-16(10-15)18-13(2)19/h3-10,17H,11H2,1-2H3,(H,18,19). The molecule has 0 aromatic heterocycles. The molecule has 0 saturated heterocycles. The van der Waals surface area contributed by atoms with E-state index < -0.39 is 0 Å². The number of hydrogen-bond donors (Lipinski definition) is 2. The van der Waals surface area contributed by atoms with Crippen molar-refractivity contribution >= 4 is 17.3 Å². The van der Waals surface area contributed by atoms with Gasteiger partial charge in [0.15, 0.2) is 0 Å². The van der Waals surface area contributed by atoms with Crippen molar-refractivity contribution in [1.29, 1.82) is 0 Å². The highest BCUT2D eigenvalue weighted by Crippen LogP contribution is 2.16. The third kappa shape index (κ3) is 4.14. The maximum atomic E-state index is 11.0. The molecule has 0 bridgehead atoms. The van der Waals surface area contributed by atoms with Crippen LogP contribution in [0.4, 0.5) is 11.4 Å². The zero-order valence-electron chi connectivity index (χ0n) is 11.2. The van der Waals surface area contributed by atoms with Gasteiger partial charge in [0.1, 0.15) is 0 Å². The topological polar surface area (TPSA) is 41.1 Å². The molecule has 0 saturated carbocycles. The summed E-state index contributed by atoms with van der Waals surface area (Å²) < 4.78 is 0. The smallest absolute Gasteiger partial charge is 0.221 e. The van der Waals surface area contributed by atoms with Gasteiger partial charge in [-0.1, -0.05) is 35.9 Å². The van der Waals surface area contributed by atoms with E-state index in [1.54, 1.807) is 0 Å². The molecule has 2 aromatic rings. The number of anilines is 2. The van der Waals surface area contributed by atoms with E-state index in [4.69, 9.17) is 0 Å². The molecule has 2 aromatic carbocycles. The third-order valence-corrected chi connectivity index (χ3v) is 2.76. The van der Waals surface area contributed by atoms with Gasteiger partial charge < -0.3 is 10.6 Å². The van der Waals surface area contributed by atoms with E-state index in [0.29, 0.717) is 0 Å². The molecule has 0 heterocycles. The number of amides is 1. The van der Waals surface area contributed by atoms with Crippen LogP contribution in [0.3, 0.4) is 0 Å². The predicted octanol–water partition coefficient (Wildman–Crippen LogP) is 3.57. The Hall–Kier alpha value is -2.29. The number of nitrogens with one attached hydrogen (secondary N) is 2. The van der Waals surface area contributed by atoms with Gasteiger partial charge in [-0.3, -0.25) is 4.79 Å². The van der Waals surface area contributed by atoms with Gasteiger partial charge in [-0.05, 0) is 30.7 Å². The summed E-state index contributed by atoms with van der Waals surface area (Å²) in [5.41, 5.74) is 4.30. The number of aryl methyl sites for hydroxylation is 1. The summed E-state index contributed by atoms with van der Waals surface area (Å²) in [4.78, 5) is 11.0. The molecule has 2 N–H and O–H groups in total. The van der Waals surface area contributed by atoms with E-state index in [1.165, 1.54) is 18.1 Å². The average molecular weight is 254 g/mol. The summed E-state index contributed by atoms with van der Waals surface area (Å²) in [6.07, 6.45) is 0. The van der Waals surface area contributed by atoms with Gasteiger partial charge in [-0.15, -0.1) is 0 Å². The maximum Gasteiger partial charge on any atom is 0.221 e. The van der Waals surface area contributed by atoms with Crippen LogP contribution >= 0.6 is 0 Å². The fourth-order valence-electron chi connectivity index (χ4n) is 1.94. The van der Waals surface area contributed by atoms with Gasteiger partial charge in [-0.25, -0.2) is 0 Å². The fourth-order valence-corrected chi connectivity index (χ4v) is 1.94. The Bertz CT molecular complexity index is 578. The molecule has 0 radical (unpaired) electrons. The molecule has 0 atom stereocenters. The highest BCUT2D eigenvalue weighted by atomic mass is 16.1. The molecule has 0 aliphatic rings. The summed E-state index contributed by atoms with van der Waals surface area (Å²) in [6.45, 7) is 4.36. The lowest BCUT2D eigenvalue weighted by Gasteiger charge is -2.09. The van der Waals surface area contributed by atoms with Crippen LogP contribution < -0.4 is 10.6 Å². The summed E-state index contributed by atoms with van der Waals surface area (Å²) in [7, 11) is 0. The molecule has 3 nitrogen and oxygen atoms in total. The van der Waals surface area contributed by atoms with Crippen molar-refractivity contribution in [2.45, 2.75) is 20.4 Å². The molecule has 0 fully saturated rings. The molecule has 0 spiro atoms. The lowest BCUT2D eigenvalue weighted by atomic mass is 10.1. The fraction of sp³-hybridized carbons (Fsp3) is 0.188. The van der Waals surface area contributed by atoms with Crippen molar-refractivity contribution in [1.82, 2.24) is 0 Å². The number of rotatable bonds is 4. The van der Waals surface area contributed by atoms with Crippen LogP contribution in [0.2, 0.25) is 0 Å². The van der Waals surface area contributed by atoms with Crippen LogP contribution in [-0.4, -0.2) is 5.91 Å². The maximum absolute atomic E-state index is 11.0. The Balaban J connectivity index is 2.01. The van der Waals surface area contributed by atoms with E-state index in [1.807, 2.05) is 24.3 Å². The van der Waals surface area contributed by atoms with Crippen LogP contribution in [0.25, 0.3) is 0 Å². The molecule has 1 amide bonds. The first-order chi connectivity index (χ1) is 9.13. The quantitative estimate of drug-likeness (QED) is 0.875. The second-order valence-corrected chi connectivity index (χ2v) is 4.60. The van der Waals surface area contributed by atoms with Crippen molar-refractivity contribution < 1.29 is 4.79 Å². The molecule has 0 aliphatic carbocycles. The first-order valence-corrected chi connectivity index (χ1v) is 6.30. The van der Waals surface area contributed by atoms with E-state index in [9.17, 15) is 4.79 Å². The Morgan fingerprint density at radius 1 is 1.05 bits per heavy atom. The SMILES string of the molecule is CC(=O)Nc1cccc(NCc2cccc(C)c2)c1. The lowest BCUT2D eigenvalue weighted by molar-refractivity contribution is -0.114. The predicted molar refractivity (Wildman–Crippen MR) is 79.3 cm³/mol. The number of carbonyl (C=O) groups excluding carboxylic acids is 1. The molecular formula is C16H18N2O. The molecule has 3 heteroatoms. The minimum atomic E-state index is -0.0594. The molecule has 2 rings (SSSR count). The first-order valence-electron chi connectivity index (χ1n) is 6.30. The van der Waals surface area contributed by atoms with Crippen LogP contribution in [0.1, 0.15) is 18.1 Å². The van der Waals surface area contributed by atoms with Gasteiger partial charge >= 0.3 is 0 Å². The molecule has 19 heavy (non-hydrogen) atoms. The minimum Gasteiger partial charge on any atom is -0.381 e. The third-order valence-electron chi connectivity index (χ3n) is 2.76. The molecular weight excluding hydrogens is 236 g/mol. The number of hydrogen-bond acceptors (Lipinski definition) is 2. The lowest BCUT2D eigenvalue weighted by Crippen LogP contribution is -2.06. The highest BCUT2D eigenvalue weighted by Gasteiger charge is 1.98. The Kier molecular flexibility index (Phi) is 4.18. The first kappa shape index (κ1) is 13.1. The van der Waals surface area contributed by atoms with Gasteiger partial charge in [0.05, 0.1) is 0 Å². The molecule has 98 valence electrons. The van der Waals surface area contributed by atoms with Crippen molar-refractivity contribution in [2.24, 2.45) is 0 Å². The number of benzene rings is 2. The summed E-state index contributed by atoms with van der Waals surface area (Å²) in [6, 6.07) is 16.1. The summed E-state index contributed by atoms with van der Waals surface area (Å²) >= 11 is 0. The van der Waals surface area contributed by atoms with E-state index in [0.717, 1.165) is 17.9 Å². The van der Waals surface area contributed by atoms with E-state index in [2.05, 4.69) is 41.8 Å². The van der Waals surface area contributed by atoms with Crippen molar-refractivity contribution in [3.63, 3.8) is 0 Å². The molecule has 0 aliphatic heterocycles. The zero-order valence-corrected chi connectivity index (χ0v) is 11.2. The van der Waals surface area contributed by atoms with E-state index >= 15 is 0 Å². The summed E-state index contributed by atoms with van der Waals surface area (Å²) in [5, 5.41) is 6.12. The largest absolute Gasteiger partial charge is 0.381 e. The Labute approximate surface area is 113 Å². The second-order valence-electron chi connectivity index (χ2n) is 4.60. The van der Waals surface area contributed by atoms with Crippen LogP contribution in [0.5, 0.6) is 0 Å². The van der Waals surface area contributed by atoms with Crippen LogP contribution in [-0.2, 0) is 11.3 Å². The van der Waals surface area contributed by atoms with E-state index in [-0.39, 0.29) is 5.91 Å². The van der Waals surface area contributed by atoms with Gasteiger partial charge in [0.2, 0.25) is 5.91 Å². The monoisotopic (exact) mass is 254 g/mol. The zero-order chi connectivity index (χ0) is 13.7. The van der Waals surface area contributed by atoms with Gasteiger partial charge in [-0.2, -0.15) is 0 Å². The Morgan fingerprint density at radius 2 is 1.79 bits per heavy atom. The van der Waals surface area contributed by atoms with Gasteiger partial charge in [0, 0.05) is 24.8 Å². The summed E-state index contributed by atoms with van der Waals surface area (Å²) in [5.74, 6) is -0.0594. The normalized spacial score (nSPS) is 10.0. The minimum absolute atomic E-state index is 0.0594. The second kappa shape index (κ2) is 6.05. The van der Waals surface area contributed by atoms with Crippen molar-refractivity contribution in [3.8, 4) is 0 Å². The van der Waals surface area contributed by atoms with Crippen molar-refractivity contribution in [2.75, 3.05) is 10.6 Å². The van der Waals surface area contributed by atoms with Crippen molar-refractivity contribution in [3.05, 3.63) is 59.7 Å². The Morgan fingerprint density at radius 3 is 2.53 bits per heavy atom. The van der Waals surface area contributed by atoms with Crippen LogP contribution in [0.15, 0.2) is 48.5 Å². The number of carbonyl (C=O) groups is 1. The highest BCUT2D eigenvalue weighted by molar-refractivity contribution is 5.89. The molecule has 0 unspecified atom stereocenters. The van der Waals surface area contributed by atoms with Gasteiger partial charge in [0.25, 0.3) is 0 Å². The average Bonchev–Trinajstić information content (AvgIpc) is 2.36.